The molecule has 4 heteroatoms. The van der Waals surface area contributed by atoms with Crippen LogP contribution in [-0.4, -0.2) is 64.6 Å². The van der Waals surface area contributed by atoms with Crippen LogP contribution in [0.3, 0.4) is 0 Å². The van der Waals surface area contributed by atoms with Crippen LogP contribution in [0.5, 0.6) is 0 Å². The van der Waals surface area contributed by atoms with E-state index in [1.165, 1.54) is 45.1 Å². The Morgan fingerprint density at radius 1 is 1.00 bits per heavy atom. The average Bonchev–Trinajstić information content (AvgIpc) is 2.70. The van der Waals surface area contributed by atoms with Crippen molar-refractivity contribution in [3.05, 3.63) is 0 Å². The minimum absolute atomic E-state index is 0.234. The average molecular weight is 284 g/mol. The number of nitrogens with one attached hydrogen (secondary N) is 1. The molecule has 4 nitrogen and oxygen atoms in total. The predicted octanol–water partition coefficient (Wildman–Crippen LogP) is 1.89. The Morgan fingerprint density at radius 2 is 1.55 bits per heavy atom. The summed E-state index contributed by atoms with van der Waals surface area (Å²) >= 11 is 0. The molecule has 0 radical (unpaired) electrons. The molecule has 1 saturated heterocycles. The summed E-state index contributed by atoms with van der Waals surface area (Å²) in [5.41, 5.74) is 0.451. The number of hydrogen-bond donors (Lipinski definition) is 1. The van der Waals surface area contributed by atoms with E-state index < -0.39 is 0 Å². The van der Waals surface area contributed by atoms with Gasteiger partial charge in [-0.15, -0.1) is 0 Å². The third kappa shape index (κ3) is 3.94. The zero-order chi connectivity index (χ0) is 14.4. The summed E-state index contributed by atoms with van der Waals surface area (Å²) in [7, 11) is 5.69. The Bertz CT molecular complexity index is 266. The first-order chi connectivity index (χ1) is 9.73. The van der Waals surface area contributed by atoms with Crippen LogP contribution in [0.2, 0.25) is 0 Å². The zero-order valence-electron chi connectivity index (χ0n) is 13.5. The third-order valence-corrected chi connectivity index (χ3v) is 5.17. The topological polar surface area (TPSA) is 33.7 Å². The van der Waals surface area contributed by atoms with Gasteiger partial charge in [-0.3, -0.25) is 4.90 Å². The molecule has 0 aromatic heterocycles. The van der Waals surface area contributed by atoms with E-state index in [-0.39, 0.29) is 12.2 Å². The molecule has 20 heavy (non-hydrogen) atoms. The number of rotatable bonds is 6. The Kier molecular flexibility index (Phi) is 6.27. The van der Waals surface area contributed by atoms with E-state index in [1.807, 2.05) is 0 Å². The lowest BCUT2D eigenvalue weighted by Crippen LogP contribution is -2.43. The summed E-state index contributed by atoms with van der Waals surface area (Å²) in [5, 5.41) is 3.44. The molecule has 0 spiro atoms. The van der Waals surface area contributed by atoms with E-state index in [1.54, 1.807) is 14.2 Å². The molecule has 1 saturated carbocycles. The quantitative estimate of drug-likeness (QED) is 0.755. The van der Waals surface area contributed by atoms with Crippen molar-refractivity contribution in [3.63, 3.8) is 0 Å². The molecule has 0 bridgehead atoms. The number of hydrogen-bond acceptors (Lipinski definition) is 4. The van der Waals surface area contributed by atoms with Crippen LogP contribution >= 0.6 is 0 Å². The Labute approximate surface area is 124 Å². The van der Waals surface area contributed by atoms with Gasteiger partial charge < -0.3 is 14.8 Å². The number of likely N-dealkylation sites (tertiary alicyclic amines) is 1. The summed E-state index contributed by atoms with van der Waals surface area (Å²) in [6, 6.07) is 0. The molecule has 0 aromatic carbocycles. The molecule has 0 amide bonds. The molecule has 1 heterocycles. The first-order valence-electron chi connectivity index (χ1n) is 8.15. The van der Waals surface area contributed by atoms with Crippen LogP contribution in [0.25, 0.3) is 0 Å². The maximum atomic E-state index is 5.57. The smallest absolute Gasteiger partial charge is 0.0971 e. The summed E-state index contributed by atoms with van der Waals surface area (Å²) in [6.07, 6.45) is 8.78. The van der Waals surface area contributed by atoms with E-state index in [0.29, 0.717) is 5.41 Å². The predicted molar refractivity (Wildman–Crippen MR) is 82.1 cm³/mol. The minimum atomic E-state index is 0.234. The van der Waals surface area contributed by atoms with Crippen LogP contribution in [0.4, 0.5) is 0 Å². The largest absolute Gasteiger partial charge is 0.377 e. The molecule has 2 aliphatic rings. The van der Waals surface area contributed by atoms with Gasteiger partial charge in [-0.25, -0.2) is 0 Å². The maximum absolute atomic E-state index is 5.57. The fourth-order valence-electron chi connectivity index (χ4n) is 4.12. The van der Waals surface area contributed by atoms with Gasteiger partial charge in [0.15, 0.2) is 0 Å². The van der Waals surface area contributed by atoms with Crippen LogP contribution in [-0.2, 0) is 9.47 Å². The summed E-state index contributed by atoms with van der Waals surface area (Å²) in [6.45, 7) is 4.35. The highest BCUT2D eigenvalue weighted by molar-refractivity contribution is 4.92. The van der Waals surface area contributed by atoms with Gasteiger partial charge in [-0.05, 0) is 25.3 Å². The highest BCUT2D eigenvalue weighted by atomic mass is 16.5. The van der Waals surface area contributed by atoms with Crippen molar-refractivity contribution in [2.75, 3.05) is 47.4 Å². The highest BCUT2D eigenvalue weighted by Gasteiger charge is 2.38. The number of ether oxygens (including phenoxy) is 2. The van der Waals surface area contributed by atoms with E-state index in [2.05, 4.69) is 17.3 Å². The molecule has 1 aliphatic carbocycles. The second-order valence-electron chi connectivity index (χ2n) is 6.69. The number of methoxy groups -OCH3 is 2. The van der Waals surface area contributed by atoms with Crippen molar-refractivity contribution in [1.82, 2.24) is 10.2 Å². The monoisotopic (exact) mass is 284 g/mol. The van der Waals surface area contributed by atoms with E-state index in [9.17, 15) is 0 Å². The van der Waals surface area contributed by atoms with Crippen molar-refractivity contribution in [2.24, 2.45) is 5.41 Å². The molecular formula is C16H32N2O2. The molecule has 2 unspecified atom stereocenters. The van der Waals surface area contributed by atoms with Gasteiger partial charge >= 0.3 is 0 Å². The van der Waals surface area contributed by atoms with E-state index >= 15 is 0 Å². The van der Waals surface area contributed by atoms with Crippen LogP contribution in [0.1, 0.15) is 38.5 Å². The first-order valence-corrected chi connectivity index (χ1v) is 8.15. The lowest BCUT2D eigenvalue weighted by atomic mass is 9.79. The normalized spacial score (nSPS) is 31.4. The van der Waals surface area contributed by atoms with Gasteiger partial charge in [0.1, 0.15) is 0 Å². The lowest BCUT2D eigenvalue weighted by Gasteiger charge is -2.36. The fourth-order valence-corrected chi connectivity index (χ4v) is 4.12. The van der Waals surface area contributed by atoms with Crippen molar-refractivity contribution in [1.29, 1.82) is 0 Å². The summed E-state index contributed by atoms with van der Waals surface area (Å²) in [4.78, 5) is 2.56. The van der Waals surface area contributed by atoms with Gasteiger partial charge in [0.2, 0.25) is 0 Å². The Morgan fingerprint density at radius 3 is 2.00 bits per heavy atom. The summed E-state index contributed by atoms with van der Waals surface area (Å²) < 4.78 is 11.1. The van der Waals surface area contributed by atoms with Crippen molar-refractivity contribution < 1.29 is 9.47 Å². The van der Waals surface area contributed by atoms with Gasteiger partial charge in [0.05, 0.1) is 12.2 Å². The van der Waals surface area contributed by atoms with Gasteiger partial charge in [0, 0.05) is 40.4 Å². The molecule has 118 valence electrons. The standard InChI is InChI=1S/C16H32N2O2/c1-17-12-16(8-6-4-5-7-9-16)13-18-10-14(19-2)15(11-18)20-3/h14-15,17H,4-13H2,1-3H3. The van der Waals surface area contributed by atoms with E-state index in [0.717, 1.165) is 19.6 Å². The van der Waals surface area contributed by atoms with Crippen LogP contribution < -0.4 is 5.32 Å². The zero-order valence-corrected chi connectivity index (χ0v) is 13.5. The van der Waals surface area contributed by atoms with E-state index in [4.69, 9.17) is 9.47 Å². The maximum Gasteiger partial charge on any atom is 0.0971 e. The van der Waals surface area contributed by atoms with Crippen LogP contribution in [0, 0.1) is 5.41 Å². The van der Waals surface area contributed by atoms with Crippen molar-refractivity contribution >= 4 is 0 Å². The highest BCUT2D eigenvalue weighted by Crippen LogP contribution is 2.36. The number of nitrogens with zero attached hydrogens (tertiary/aromatic N) is 1. The minimum Gasteiger partial charge on any atom is -0.377 e. The molecular weight excluding hydrogens is 252 g/mol. The molecule has 1 aliphatic heterocycles. The molecule has 0 aromatic rings. The van der Waals surface area contributed by atoms with Crippen molar-refractivity contribution in [3.8, 4) is 0 Å². The van der Waals surface area contributed by atoms with Gasteiger partial charge in [-0.2, -0.15) is 0 Å². The molecule has 1 N–H and O–H groups in total. The molecule has 2 fully saturated rings. The Hall–Kier alpha value is -0.160. The third-order valence-electron chi connectivity index (χ3n) is 5.17. The van der Waals surface area contributed by atoms with Crippen LogP contribution in [0.15, 0.2) is 0 Å². The second-order valence-corrected chi connectivity index (χ2v) is 6.69. The SMILES string of the molecule is CNCC1(CN2CC(OC)C(OC)C2)CCCCCC1. The molecule has 2 atom stereocenters. The van der Waals surface area contributed by atoms with Crippen molar-refractivity contribution in [2.45, 2.75) is 50.7 Å². The van der Waals surface area contributed by atoms with Gasteiger partial charge in [-0.1, -0.05) is 25.7 Å². The van der Waals surface area contributed by atoms with Gasteiger partial charge in [0.25, 0.3) is 0 Å². The second kappa shape index (κ2) is 7.74. The Balaban J connectivity index is 1.97. The fraction of sp³-hybridized carbons (Fsp3) is 1.00. The lowest BCUT2D eigenvalue weighted by molar-refractivity contribution is -0.00461. The first kappa shape index (κ1) is 16.2. The summed E-state index contributed by atoms with van der Waals surface area (Å²) in [5.74, 6) is 0. The molecule has 2 rings (SSSR count).